The summed E-state index contributed by atoms with van der Waals surface area (Å²) in [4.78, 5) is 0. The maximum absolute atomic E-state index is 6.13. The molecule has 94 valence electrons. The van der Waals surface area contributed by atoms with Gasteiger partial charge in [0.2, 0.25) is 0 Å². The molecule has 17 heavy (non-hydrogen) atoms. The molecule has 0 aliphatic carbocycles. The van der Waals surface area contributed by atoms with Crippen LogP contribution in [0.4, 0.5) is 0 Å². The van der Waals surface area contributed by atoms with Gasteiger partial charge in [-0.15, -0.1) is 0 Å². The van der Waals surface area contributed by atoms with E-state index in [4.69, 9.17) is 51.1 Å². The third kappa shape index (κ3) is 3.02. The van der Waals surface area contributed by atoms with Crippen molar-refractivity contribution >= 4 is 46.4 Å². The zero-order valence-electron chi connectivity index (χ0n) is 9.27. The quantitative estimate of drug-likeness (QED) is 0.535. The summed E-state index contributed by atoms with van der Waals surface area (Å²) in [6, 6.07) is 1.57. The van der Waals surface area contributed by atoms with Crippen LogP contribution in [0.1, 0.15) is 25.3 Å². The molecule has 0 N–H and O–H groups in total. The van der Waals surface area contributed by atoms with Crippen molar-refractivity contribution in [2.24, 2.45) is 0 Å². The lowest BCUT2D eigenvalue weighted by atomic mass is 10.1. The Labute approximate surface area is 121 Å². The van der Waals surface area contributed by atoms with Crippen LogP contribution >= 0.6 is 46.4 Å². The van der Waals surface area contributed by atoms with Gasteiger partial charge in [-0.25, -0.2) is 0 Å². The summed E-state index contributed by atoms with van der Waals surface area (Å²) in [6.07, 6.45) is 3.39. The zero-order chi connectivity index (χ0) is 12.6. The second-order valence-corrected chi connectivity index (χ2v) is 5.68. The molecular weight excluding hydrogens is 302 g/mol. The van der Waals surface area contributed by atoms with Crippen molar-refractivity contribution in [1.82, 2.24) is 0 Å². The normalized spacial score (nSPS) is 22.9. The van der Waals surface area contributed by atoms with Crippen molar-refractivity contribution in [2.45, 2.75) is 38.4 Å². The fraction of sp³-hybridized carbons (Fsp3) is 0.500. The first-order chi connectivity index (χ1) is 8.04. The lowest BCUT2D eigenvalue weighted by Gasteiger charge is -2.09. The molecule has 1 aliphatic heterocycles. The molecule has 5 heteroatoms. The molecule has 1 fully saturated rings. The first-order valence-electron chi connectivity index (χ1n) is 5.52. The van der Waals surface area contributed by atoms with Crippen LogP contribution < -0.4 is 0 Å². The molecule has 1 heterocycles. The summed E-state index contributed by atoms with van der Waals surface area (Å²) < 4.78 is 5.48. The van der Waals surface area contributed by atoms with Gasteiger partial charge >= 0.3 is 0 Å². The molecule has 0 aromatic heterocycles. The van der Waals surface area contributed by atoms with Gasteiger partial charge in [0.05, 0.1) is 32.3 Å². The van der Waals surface area contributed by atoms with Crippen molar-refractivity contribution in [3.8, 4) is 0 Å². The van der Waals surface area contributed by atoms with Gasteiger partial charge in [-0.1, -0.05) is 53.3 Å². The standard InChI is InChI=1S/C12H12Cl4O/c1-2-9-10(17-9)4-3-6-11(15)7(13)5-8(14)12(6)16/h5,9-10H,2-4H2,1H3. The Morgan fingerprint density at radius 1 is 1.06 bits per heavy atom. The average molecular weight is 314 g/mol. The van der Waals surface area contributed by atoms with Gasteiger partial charge in [-0.3, -0.25) is 0 Å². The van der Waals surface area contributed by atoms with Gasteiger partial charge < -0.3 is 4.74 Å². The smallest absolute Gasteiger partial charge is 0.0845 e. The summed E-state index contributed by atoms with van der Waals surface area (Å²) >= 11 is 24.2. The van der Waals surface area contributed by atoms with Crippen LogP contribution in [0.15, 0.2) is 6.07 Å². The Balaban J connectivity index is 2.10. The molecule has 0 amide bonds. The van der Waals surface area contributed by atoms with E-state index in [9.17, 15) is 0 Å². The second-order valence-electron chi connectivity index (χ2n) is 4.11. The molecule has 2 unspecified atom stereocenters. The predicted molar refractivity (Wildman–Crippen MR) is 73.8 cm³/mol. The van der Waals surface area contributed by atoms with E-state index in [1.54, 1.807) is 6.07 Å². The molecule has 1 saturated heterocycles. The van der Waals surface area contributed by atoms with E-state index >= 15 is 0 Å². The highest BCUT2D eigenvalue weighted by Crippen LogP contribution is 2.39. The van der Waals surface area contributed by atoms with Gasteiger partial charge in [0, 0.05) is 0 Å². The lowest BCUT2D eigenvalue weighted by molar-refractivity contribution is 0.360. The Hall–Kier alpha value is 0.340. The largest absolute Gasteiger partial charge is 0.370 e. The molecule has 0 bridgehead atoms. The number of epoxide rings is 1. The van der Waals surface area contributed by atoms with Gasteiger partial charge in [0.15, 0.2) is 0 Å². The third-order valence-corrected chi connectivity index (χ3v) is 4.62. The first kappa shape index (κ1) is 13.8. The first-order valence-corrected chi connectivity index (χ1v) is 7.03. The maximum atomic E-state index is 6.13. The van der Waals surface area contributed by atoms with Crippen LogP contribution in [0.3, 0.4) is 0 Å². The van der Waals surface area contributed by atoms with E-state index in [-0.39, 0.29) is 0 Å². The van der Waals surface area contributed by atoms with Crippen molar-refractivity contribution in [3.63, 3.8) is 0 Å². The third-order valence-electron chi connectivity index (χ3n) is 2.97. The van der Waals surface area contributed by atoms with Gasteiger partial charge in [0.1, 0.15) is 0 Å². The number of hydrogen-bond donors (Lipinski definition) is 0. The predicted octanol–water partition coefficient (Wildman–Crippen LogP) is 5.41. The van der Waals surface area contributed by atoms with Crippen molar-refractivity contribution in [3.05, 3.63) is 31.7 Å². The van der Waals surface area contributed by atoms with Crippen LogP contribution in [0.5, 0.6) is 0 Å². The number of benzene rings is 1. The molecule has 2 atom stereocenters. The molecule has 0 spiro atoms. The fourth-order valence-corrected chi connectivity index (χ4v) is 2.96. The van der Waals surface area contributed by atoms with Crippen LogP contribution in [-0.2, 0) is 11.2 Å². The van der Waals surface area contributed by atoms with Crippen LogP contribution in [0.2, 0.25) is 20.1 Å². The zero-order valence-corrected chi connectivity index (χ0v) is 12.3. The van der Waals surface area contributed by atoms with E-state index in [1.807, 2.05) is 0 Å². The summed E-state index contributed by atoms with van der Waals surface area (Å²) in [7, 11) is 0. The molecule has 1 aromatic rings. The van der Waals surface area contributed by atoms with Crippen molar-refractivity contribution in [1.29, 1.82) is 0 Å². The summed E-state index contributed by atoms with van der Waals surface area (Å²) in [5.74, 6) is 0. The van der Waals surface area contributed by atoms with Crippen LogP contribution in [0, 0.1) is 0 Å². The van der Waals surface area contributed by atoms with Crippen molar-refractivity contribution < 1.29 is 4.74 Å². The van der Waals surface area contributed by atoms with Gasteiger partial charge in [-0.2, -0.15) is 0 Å². The SMILES string of the molecule is CCC1OC1CCc1c(Cl)c(Cl)cc(Cl)c1Cl. The minimum Gasteiger partial charge on any atom is -0.370 e. The average Bonchev–Trinajstić information content (AvgIpc) is 3.05. The summed E-state index contributed by atoms with van der Waals surface area (Å²) in [5.41, 5.74) is 0.816. The van der Waals surface area contributed by atoms with Crippen molar-refractivity contribution in [2.75, 3.05) is 0 Å². The Morgan fingerprint density at radius 2 is 1.65 bits per heavy atom. The molecule has 0 radical (unpaired) electrons. The summed E-state index contributed by atoms with van der Waals surface area (Å²) in [6.45, 7) is 2.11. The second kappa shape index (κ2) is 5.54. The topological polar surface area (TPSA) is 12.5 Å². The minimum absolute atomic E-state index is 0.324. The minimum atomic E-state index is 0.324. The van der Waals surface area contributed by atoms with E-state index in [2.05, 4.69) is 6.92 Å². The Kier molecular flexibility index (Phi) is 4.49. The van der Waals surface area contributed by atoms with Crippen LogP contribution in [-0.4, -0.2) is 12.2 Å². The fourth-order valence-electron chi connectivity index (χ4n) is 1.92. The van der Waals surface area contributed by atoms with E-state index in [1.165, 1.54) is 0 Å². The molecule has 1 aromatic carbocycles. The molecule has 0 saturated carbocycles. The highest BCUT2D eigenvalue weighted by molar-refractivity contribution is 6.48. The molecule has 2 rings (SSSR count). The van der Waals surface area contributed by atoms with Gasteiger partial charge in [0.25, 0.3) is 0 Å². The Morgan fingerprint density at radius 3 is 2.12 bits per heavy atom. The number of halogens is 4. The highest BCUT2D eigenvalue weighted by Gasteiger charge is 2.36. The molecular formula is C12H12Cl4O. The monoisotopic (exact) mass is 312 g/mol. The maximum Gasteiger partial charge on any atom is 0.0845 e. The number of rotatable bonds is 4. The number of ether oxygens (including phenoxy) is 1. The van der Waals surface area contributed by atoms with Crippen LogP contribution in [0.25, 0.3) is 0 Å². The molecule has 1 nitrogen and oxygen atoms in total. The molecule has 1 aliphatic rings. The lowest BCUT2D eigenvalue weighted by Crippen LogP contribution is -1.97. The van der Waals surface area contributed by atoms with E-state index in [0.29, 0.717) is 32.3 Å². The van der Waals surface area contributed by atoms with E-state index in [0.717, 1.165) is 24.8 Å². The Bertz CT molecular complexity index is 407. The number of hydrogen-bond acceptors (Lipinski definition) is 1. The van der Waals surface area contributed by atoms with E-state index < -0.39 is 0 Å². The highest BCUT2D eigenvalue weighted by atomic mass is 35.5. The van der Waals surface area contributed by atoms with Gasteiger partial charge in [-0.05, 0) is 30.9 Å². The summed E-state index contributed by atoms with van der Waals surface area (Å²) in [5, 5.41) is 1.88.